The summed E-state index contributed by atoms with van der Waals surface area (Å²) in [5, 5.41) is 12.9. The lowest BCUT2D eigenvalue weighted by molar-refractivity contribution is -0.139. The van der Waals surface area contributed by atoms with Crippen LogP contribution in [-0.4, -0.2) is 31.9 Å². The van der Waals surface area contributed by atoms with E-state index in [4.69, 9.17) is 9.84 Å². The van der Waals surface area contributed by atoms with Gasteiger partial charge in [0, 0.05) is 5.56 Å². The molecule has 0 fully saturated rings. The van der Waals surface area contributed by atoms with Crippen molar-refractivity contribution in [2.45, 2.75) is 18.2 Å². The number of carbonyl (C=O) groups is 1. The number of carboxylic acid groups (broad SMARTS) is 1. The number of benzene rings is 2. The lowest BCUT2D eigenvalue weighted by Gasteiger charge is -2.13. The van der Waals surface area contributed by atoms with Crippen LogP contribution >= 0.6 is 11.3 Å². The average molecular weight is 417 g/mol. The first-order valence-electron chi connectivity index (χ1n) is 8.75. The van der Waals surface area contributed by atoms with E-state index < -0.39 is 22.4 Å². The zero-order chi connectivity index (χ0) is 20.1. The van der Waals surface area contributed by atoms with Crippen molar-refractivity contribution in [3.8, 4) is 28.0 Å². The van der Waals surface area contributed by atoms with Crippen LogP contribution in [-0.2, 0) is 14.6 Å². The van der Waals surface area contributed by atoms with Gasteiger partial charge in [0.2, 0.25) is 0 Å². The van der Waals surface area contributed by atoms with E-state index in [1.54, 1.807) is 41.7 Å². The molecule has 1 aromatic heterocycles. The zero-order valence-electron chi connectivity index (χ0n) is 15.3. The third-order valence-corrected chi connectivity index (χ3v) is 6.76. The second-order valence-electron chi connectivity index (χ2n) is 6.25. The molecule has 3 aromatic rings. The maximum Gasteiger partial charge on any atom is 0.341 e. The highest BCUT2D eigenvalue weighted by atomic mass is 32.2. The van der Waals surface area contributed by atoms with Gasteiger partial charge >= 0.3 is 5.97 Å². The Balaban J connectivity index is 2.10. The summed E-state index contributed by atoms with van der Waals surface area (Å²) >= 11 is 1.58. The highest BCUT2D eigenvalue weighted by Gasteiger charge is 2.16. The van der Waals surface area contributed by atoms with Crippen molar-refractivity contribution < 1.29 is 23.1 Å². The summed E-state index contributed by atoms with van der Waals surface area (Å²) in [4.78, 5) is 11.2. The molecule has 7 heteroatoms. The molecule has 1 heterocycles. The fourth-order valence-electron chi connectivity index (χ4n) is 2.87. The largest absolute Gasteiger partial charge is 0.481 e. The molecule has 1 N–H and O–H groups in total. The summed E-state index contributed by atoms with van der Waals surface area (Å²) in [7, 11) is -3.37. The Bertz CT molecular complexity index is 1070. The normalized spacial score (nSPS) is 11.3. The van der Waals surface area contributed by atoms with E-state index in [1.165, 1.54) is 0 Å². The SMILES string of the molecule is CCCS(=O)(=O)c1cccc(-c2cc(-c3ccsc3)ccc2OCC(=O)O)c1. The Morgan fingerprint density at radius 3 is 2.57 bits per heavy atom. The van der Waals surface area contributed by atoms with Gasteiger partial charge in [-0.2, -0.15) is 11.3 Å². The first-order valence-corrected chi connectivity index (χ1v) is 11.3. The van der Waals surface area contributed by atoms with Gasteiger partial charge < -0.3 is 9.84 Å². The van der Waals surface area contributed by atoms with Crippen LogP contribution in [0.1, 0.15) is 13.3 Å². The van der Waals surface area contributed by atoms with E-state index in [2.05, 4.69) is 0 Å². The van der Waals surface area contributed by atoms with Gasteiger partial charge in [-0.05, 0) is 64.2 Å². The predicted molar refractivity (Wildman–Crippen MR) is 111 cm³/mol. The Morgan fingerprint density at radius 2 is 1.89 bits per heavy atom. The van der Waals surface area contributed by atoms with Crippen molar-refractivity contribution in [2.75, 3.05) is 12.4 Å². The molecule has 5 nitrogen and oxygen atoms in total. The molecule has 0 unspecified atom stereocenters. The van der Waals surface area contributed by atoms with Crippen molar-refractivity contribution in [1.82, 2.24) is 0 Å². The van der Waals surface area contributed by atoms with Gasteiger partial charge in [0.15, 0.2) is 16.4 Å². The van der Waals surface area contributed by atoms with Gasteiger partial charge in [-0.1, -0.05) is 25.1 Å². The number of ether oxygens (including phenoxy) is 1. The smallest absolute Gasteiger partial charge is 0.341 e. The monoisotopic (exact) mass is 416 g/mol. The lowest BCUT2D eigenvalue weighted by Crippen LogP contribution is -2.10. The van der Waals surface area contributed by atoms with E-state index in [1.807, 2.05) is 35.9 Å². The summed E-state index contributed by atoms with van der Waals surface area (Å²) in [5.74, 6) is -0.605. The zero-order valence-corrected chi connectivity index (χ0v) is 16.9. The number of aliphatic carboxylic acids is 1. The van der Waals surface area contributed by atoms with Crippen LogP contribution in [0.25, 0.3) is 22.3 Å². The van der Waals surface area contributed by atoms with Crippen molar-refractivity contribution in [2.24, 2.45) is 0 Å². The van der Waals surface area contributed by atoms with Crippen LogP contribution in [0.2, 0.25) is 0 Å². The van der Waals surface area contributed by atoms with Crippen LogP contribution in [0.3, 0.4) is 0 Å². The fourth-order valence-corrected chi connectivity index (χ4v) is 4.90. The molecule has 0 radical (unpaired) electrons. The maximum absolute atomic E-state index is 12.5. The quantitative estimate of drug-likeness (QED) is 0.574. The molecule has 0 spiro atoms. The highest BCUT2D eigenvalue weighted by Crippen LogP contribution is 2.36. The standard InChI is InChI=1S/C21H20O5S2/c1-2-10-28(24,25)18-5-3-4-16(11-18)19-12-15(17-8-9-27-14-17)6-7-20(19)26-13-21(22)23/h3-9,11-12,14H,2,10,13H2,1H3,(H,22,23). The van der Waals surface area contributed by atoms with Crippen molar-refractivity contribution in [3.63, 3.8) is 0 Å². The summed E-state index contributed by atoms with van der Waals surface area (Å²) in [5.41, 5.74) is 3.29. The van der Waals surface area contributed by atoms with Gasteiger partial charge in [0.25, 0.3) is 0 Å². The van der Waals surface area contributed by atoms with Crippen LogP contribution < -0.4 is 4.74 Å². The van der Waals surface area contributed by atoms with Gasteiger partial charge in [0.1, 0.15) is 5.75 Å². The predicted octanol–water partition coefficient (Wildman–Crippen LogP) is 4.73. The molecule has 0 aliphatic carbocycles. The van der Waals surface area contributed by atoms with Crippen molar-refractivity contribution >= 4 is 27.1 Å². The molecule has 28 heavy (non-hydrogen) atoms. The Hall–Kier alpha value is -2.64. The summed E-state index contributed by atoms with van der Waals surface area (Å²) < 4.78 is 30.4. The molecule has 2 aromatic carbocycles. The minimum absolute atomic E-state index is 0.0772. The Labute approximate surface area is 168 Å². The van der Waals surface area contributed by atoms with E-state index >= 15 is 0 Å². The van der Waals surface area contributed by atoms with Crippen molar-refractivity contribution in [1.29, 1.82) is 0 Å². The average Bonchev–Trinajstić information content (AvgIpc) is 3.21. The second kappa shape index (κ2) is 8.58. The first kappa shape index (κ1) is 20.1. The molecule has 3 rings (SSSR count). The van der Waals surface area contributed by atoms with Crippen LogP contribution in [0, 0.1) is 0 Å². The third kappa shape index (κ3) is 4.61. The van der Waals surface area contributed by atoms with E-state index in [9.17, 15) is 13.2 Å². The molecule has 0 bridgehead atoms. The van der Waals surface area contributed by atoms with Gasteiger partial charge in [0.05, 0.1) is 10.6 Å². The minimum Gasteiger partial charge on any atom is -0.481 e. The van der Waals surface area contributed by atoms with Gasteiger partial charge in [-0.15, -0.1) is 0 Å². The number of sulfone groups is 1. The summed E-state index contributed by atoms with van der Waals surface area (Å²) in [6.45, 7) is 1.35. The minimum atomic E-state index is -3.37. The van der Waals surface area contributed by atoms with E-state index in [0.29, 0.717) is 23.3 Å². The second-order valence-corrected chi connectivity index (χ2v) is 9.14. The van der Waals surface area contributed by atoms with E-state index in [-0.39, 0.29) is 10.6 Å². The molecule has 0 saturated heterocycles. The number of hydrogen-bond acceptors (Lipinski definition) is 5. The Morgan fingerprint density at radius 1 is 1.07 bits per heavy atom. The van der Waals surface area contributed by atoms with Crippen LogP contribution in [0.15, 0.2) is 64.2 Å². The van der Waals surface area contributed by atoms with E-state index in [0.717, 1.165) is 11.1 Å². The third-order valence-electron chi connectivity index (χ3n) is 4.16. The number of hydrogen-bond donors (Lipinski definition) is 1. The molecule has 0 amide bonds. The maximum atomic E-state index is 12.5. The number of carboxylic acids is 1. The molecule has 0 aliphatic rings. The summed E-state index contributed by atoms with van der Waals surface area (Å²) in [6, 6.07) is 14.1. The molecule has 146 valence electrons. The topological polar surface area (TPSA) is 80.7 Å². The van der Waals surface area contributed by atoms with Gasteiger partial charge in [-0.25, -0.2) is 13.2 Å². The highest BCUT2D eigenvalue weighted by molar-refractivity contribution is 7.91. The number of thiophene rings is 1. The molecular weight excluding hydrogens is 396 g/mol. The van der Waals surface area contributed by atoms with Crippen LogP contribution in [0.4, 0.5) is 0 Å². The van der Waals surface area contributed by atoms with Crippen molar-refractivity contribution in [3.05, 3.63) is 59.3 Å². The summed E-state index contributed by atoms with van der Waals surface area (Å²) in [6.07, 6.45) is 0.535. The Kier molecular flexibility index (Phi) is 6.16. The fraction of sp³-hybridized carbons (Fsp3) is 0.190. The molecular formula is C21H20O5S2. The van der Waals surface area contributed by atoms with Crippen LogP contribution in [0.5, 0.6) is 5.75 Å². The lowest BCUT2D eigenvalue weighted by atomic mass is 9.99. The first-order chi connectivity index (χ1) is 13.4. The molecule has 0 aliphatic heterocycles. The molecule has 0 atom stereocenters. The van der Waals surface area contributed by atoms with Gasteiger partial charge in [-0.3, -0.25) is 0 Å². The molecule has 0 saturated carbocycles. The number of rotatable bonds is 8.